The van der Waals surface area contributed by atoms with E-state index in [-0.39, 0.29) is 11.6 Å². The number of nitrogens with one attached hydrogen (secondary N) is 1. The van der Waals surface area contributed by atoms with Crippen LogP contribution >= 0.6 is 15.9 Å². The van der Waals surface area contributed by atoms with E-state index in [4.69, 9.17) is 5.73 Å². The molecule has 0 bridgehead atoms. The molecule has 2 heterocycles. The summed E-state index contributed by atoms with van der Waals surface area (Å²) in [5.74, 6) is -0.500. The Kier molecular flexibility index (Phi) is 3.62. The molecule has 1 aliphatic heterocycles. The van der Waals surface area contributed by atoms with Gasteiger partial charge in [0, 0.05) is 16.9 Å². The van der Waals surface area contributed by atoms with Gasteiger partial charge in [-0.25, -0.2) is 14.1 Å². The average molecular weight is 354 g/mol. The average Bonchev–Trinajstić information content (AvgIpc) is 2.84. The second kappa shape index (κ2) is 5.44. The zero-order valence-electron chi connectivity index (χ0n) is 11.0. The first-order chi connectivity index (χ1) is 10.0. The normalized spacial score (nSPS) is 17.3. The van der Waals surface area contributed by atoms with E-state index in [0.717, 1.165) is 18.7 Å². The second-order valence-electron chi connectivity index (χ2n) is 4.91. The number of amides is 1. The van der Waals surface area contributed by atoms with Crippen molar-refractivity contribution in [2.45, 2.75) is 25.4 Å². The molecule has 2 aromatic rings. The number of nitrogens with zero attached hydrogens (tertiary/aromatic N) is 3. The van der Waals surface area contributed by atoms with Gasteiger partial charge in [-0.3, -0.25) is 4.79 Å². The van der Waals surface area contributed by atoms with Crippen molar-refractivity contribution in [2.24, 2.45) is 5.73 Å². The van der Waals surface area contributed by atoms with Gasteiger partial charge in [0.1, 0.15) is 18.0 Å². The fraction of sp³-hybridized carbons (Fsp3) is 0.308. The minimum absolute atomic E-state index is 0.0333. The number of carbonyl (C=O) groups excluding carboxylic acids is 1. The highest BCUT2D eigenvalue weighted by Crippen LogP contribution is 2.26. The first-order valence-corrected chi connectivity index (χ1v) is 7.26. The largest absolute Gasteiger partial charge is 0.380 e. The van der Waals surface area contributed by atoms with Gasteiger partial charge in [-0.1, -0.05) is 15.9 Å². The third-order valence-electron chi connectivity index (χ3n) is 3.47. The quantitative estimate of drug-likeness (QED) is 0.879. The number of aryl methyl sites for hydroxylation is 1. The molecule has 0 spiro atoms. The lowest BCUT2D eigenvalue weighted by atomic mass is 10.1. The number of hydrogen-bond donors (Lipinski definition) is 2. The maximum atomic E-state index is 13.9. The highest BCUT2D eigenvalue weighted by Gasteiger charge is 2.22. The van der Waals surface area contributed by atoms with E-state index >= 15 is 0 Å². The molecule has 1 amide bonds. The van der Waals surface area contributed by atoms with E-state index in [2.05, 4.69) is 31.3 Å². The molecule has 6 nitrogen and oxygen atoms in total. The van der Waals surface area contributed by atoms with E-state index < -0.39 is 11.7 Å². The van der Waals surface area contributed by atoms with Crippen molar-refractivity contribution in [1.29, 1.82) is 0 Å². The van der Waals surface area contributed by atoms with Crippen LogP contribution in [-0.4, -0.2) is 26.7 Å². The number of fused-ring (bicyclic) bond motifs is 1. The van der Waals surface area contributed by atoms with E-state index in [1.165, 1.54) is 12.4 Å². The van der Waals surface area contributed by atoms with Crippen LogP contribution in [0.1, 0.15) is 22.6 Å². The molecule has 0 aliphatic carbocycles. The number of aromatic nitrogens is 3. The minimum Gasteiger partial charge on any atom is -0.380 e. The standard InChI is InChI=1S/C13H13BrFN5O/c14-7-3-9(15)12(13(16)21)10(4-7)19-8-1-2-11-17-6-18-20(11)5-8/h3-4,6,8,19H,1-2,5H2,(H2,16,21). The fourth-order valence-corrected chi connectivity index (χ4v) is 2.94. The van der Waals surface area contributed by atoms with E-state index in [9.17, 15) is 9.18 Å². The van der Waals surface area contributed by atoms with Gasteiger partial charge in [0.05, 0.1) is 17.8 Å². The predicted molar refractivity (Wildman–Crippen MR) is 78.4 cm³/mol. The number of hydrogen-bond acceptors (Lipinski definition) is 4. The predicted octanol–water partition coefficient (Wildman–Crippen LogP) is 1.71. The first kappa shape index (κ1) is 14.0. The molecule has 3 N–H and O–H groups in total. The molecule has 0 fully saturated rings. The van der Waals surface area contributed by atoms with Crippen molar-refractivity contribution in [3.05, 3.63) is 40.1 Å². The number of carbonyl (C=O) groups is 1. The number of benzene rings is 1. The molecule has 3 rings (SSSR count). The maximum absolute atomic E-state index is 13.9. The van der Waals surface area contributed by atoms with Crippen molar-refractivity contribution in [2.75, 3.05) is 5.32 Å². The Labute approximate surface area is 128 Å². The van der Waals surface area contributed by atoms with Gasteiger partial charge in [-0.05, 0) is 18.6 Å². The fourth-order valence-electron chi connectivity index (χ4n) is 2.51. The Bertz CT molecular complexity index is 702. The van der Waals surface area contributed by atoms with Crippen LogP contribution in [0.25, 0.3) is 0 Å². The Hall–Kier alpha value is -1.96. The number of anilines is 1. The smallest absolute Gasteiger partial charge is 0.253 e. The SMILES string of the molecule is NC(=O)c1c(F)cc(Br)cc1NC1CCc2ncnn2C1. The summed E-state index contributed by atoms with van der Waals surface area (Å²) in [5.41, 5.74) is 5.54. The van der Waals surface area contributed by atoms with Crippen molar-refractivity contribution >= 4 is 27.5 Å². The van der Waals surface area contributed by atoms with Gasteiger partial charge in [0.2, 0.25) is 0 Å². The lowest BCUT2D eigenvalue weighted by Crippen LogP contribution is -2.33. The third-order valence-corrected chi connectivity index (χ3v) is 3.92. The van der Waals surface area contributed by atoms with Crippen molar-refractivity contribution in [3.63, 3.8) is 0 Å². The van der Waals surface area contributed by atoms with Crippen molar-refractivity contribution in [3.8, 4) is 0 Å². The molecule has 110 valence electrons. The zero-order chi connectivity index (χ0) is 15.0. The third kappa shape index (κ3) is 2.76. The van der Waals surface area contributed by atoms with Crippen LogP contribution in [0.4, 0.5) is 10.1 Å². The Morgan fingerprint density at radius 1 is 1.52 bits per heavy atom. The molecule has 0 radical (unpaired) electrons. The molecule has 1 aromatic carbocycles. The number of nitrogens with two attached hydrogens (primary N) is 1. The topological polar surface area (TPSA) is 85.8 Å². The van der Waals surface area contributed by atoms with Crippen LogP contribution in [0.2, 0.25) is 0 Å². The highest BCUT2D eigenvalue weighted by atomic mass is 79.9. The van der Waals surface area contributed by atoms with Crippen LogP contribution in [0.15, 0.2) is 22.9 Å². The molecule has 0 saturated carbocycles. The monoisotopic (exact) mass is 353 g/mol. The summed E-state index contributed by atoms with van der Waals surface area (Å²) in [6, 6.07) is 2.91. The molecule has 1 aliphatic rings. The van der Waals surface area contributed by atoms with Gasteiger partial charge in [-0.2, -0.15) is 5.10 Å². The Morgan fingerprint density at radius 3 is 3.10 bits per heavy atom. The number of halogens is 2. The molecule has 1 unspecified atom stereocenters. The zero-order valence-corrected chi connectivity index (χ0v) is 12.6. The number of rotatable bonds is 3. The van der Waals surface area contributed by atoms with Crippen LogP contribution in [0, 0.1) is 5.82 Å². The highest BCUT2D eigenvalue weighted by molar-refractivity contribution is 9.10. The molecular weight excluding hydrogens is 341 g/mol. The lowest BCUT2D eigenvalue weighted by Gasteiger charge is -2.25. The maximum Gasteiger partial charge on any atom is 0.253 e. The van der Waals surface area contributed by atoms with Gasteiger partial charge in [0.25, 0.3) is 5.91 Å². The van der Waals surface area contributed by atoms with Crippen LogP contribution in [0.5, 0.6) is 0 Å². The molecule has 1 aromatic heterocycles. The van der Waals surface area contributed by atoms with E-state index in [0.29, 0.717) is 16.7 Å². The van der Waals surface area contributed by atoms with Crippen LogP contribution in [0.3, 0.4) is 0 Å². The van der Waals surface area contributed by atoms with Gasteiger partial charge in [-0.15, -0.1) is 0 Å². The summed E-state index contributed by atoms with van der Waals surface area (Å²) in [4.78, 5) is 15.6. The molecule has 8 heteroatoms. The molecule has 21 heavy (non-hydrogen) atoms. The summed E-state index contributed by atoms with van der Waals surface area (Å²) < 4.78 is 16.3. The van der Waals surface area contributed by atoms with Gasteiger partial charge in [0.15, 0.2) is 0 Å². The van der Waals surface area contributed by atoms with E-state index in [1.54, 1.807) is 10.7 Å². The summed E-state index contributed by atoms with van der Waals surface area (Å²) >= 11 is 3.22. The summed E-state index contributed by atoms with van der Waals surface area (Å²) in [6.07, 6.45) is 3.12. The van der Waals surface area contributed by atoms with Gasteiger partial charge >= 0.3 is 0 Å². The van der Waals surface area contributed by atoms with Crippen LogP contribution in [-0.2, 0) is 13.0 Å². The summed E-state index contributed by atoms with van der Waals surface area (Å²) in [5, 5.41) is 7.32. The van der Waals surface area contributed by atoms with Gasteiger partial charge < -0.3 is 11.1 Å². The molecular formula is C13H13BrFN5O. The van der Waals surface area contributed by atoms with Crippen molar-refractivity contribution < 1.29 is 9.18 Å². The van der Waals surface area contributed by atoms with Crippen molar-refractivity contribution in [1.82, 2.24) is 14.8 Å². The summed E-state index contributed by atoms with van der Waals surface area (Å²) in [6.45, 7) is 0.613. The van der Waals surface area contributed by atoms with E-state index in [1.807, 2.05) is 0 Å². The minimum atomic E-state index is -0.792. The Morgan fingerprint density at radius 2 is 2.33 bits per heavy atom. The lowest BCUT2D eigenvalue weighted by molar-refractivity contribution is 0.0997. The molecule has 1 atom stereocenters. The summed E-state index contributed by atoms with van der Waals surface area (Å²) in [7, 11) is 0. The molecule has 0 saturated heterocycles. The second-order valence-corrected chi connectivity index (χ2v) is 5.83. The first-order valence-electron chi connectivity index (χ1n) is 6.46. The number of primary amides is 1. The Balaban J connectivity index is 1.87. The van der Waals surface area contributed by atoms with Crippen LogP contribution < -0.4 is 11.1 Å².